The second-order valence-corrected chi connectivity index (χ2v) is 6.53. The Balaban J connectivity index is 0.000000568. The lowest BCUT2D eigenvalue weighted by atomic mass is 10.0. The van der Waals surface area contributed by atoms with Crippen molar-refractivity contribution in [2.24, 2.45) is 0 Å². The molecule has 4 unspecified atom stereocenters. The number of phenolic OH excluding ortho intramolecular Hbond substituents is 1. The molecule has 7 nitrogen and oxygen atoms in total. The Kier molecular flexibility index (Phi) is 10.0. The van der Waals surface area contributed by atoms with Crippen molar-refractivity contribution in [1.82, 2.24) is 5.32 Å². The van der Waals surface area contributed by atoms with E-state index in [1.54, 1.807) is 24.3 Å². The van der Waals surface area contributed by atoms with Crippen LogP contribution in [0.3, 0.4) is 0 Å². The van der Waals surface area contributed by atoms with Gasteiger partial charge in [-0.1, -0.05) is 30.3 Å². The van der Waals surface area contributed by atoms with Crippen molar-refractivity contribution in [3.8, 4) is 11.5 Å². The summed E-state index contributed by atoms with van der Waals surface area (Å²) >= 11 is 0. The largest absolute Gasteiger partial charge is 0.508 e. The zero-order valence-corrected chi connectivity index (χ0v) is 16.3. The summed E-state index contributed by atoms with van der Waals surface area (Å²) in [6.45, 7) is 5.67. The smallest absolute Gasteiger partial charge is 0.332 e. The van der Waals surface area contributed by atoms with Crippen molar-refractivity contribution < 1.29 is 30.0 Å². The van der Waals surface area contributed by atoms with Crippen LogP contribution in [0.25, 0.3) is 0 Å². The molecule has 5 N–H and O–H groups in total. The second kappa shape index (κ2) is 12.0. The molecule has 0 saturated carbocycles. The van der Waals surface area contributed by atoms with Crippen LogP contribution in [0.1, 0.15) is 32.4 Å². The molecule has 0 spiro atoms. The molecule has 0 aromatic heterocycles. The fourth-order valence-corrected chi connectivity index (χ4v) is 2.29. The Morgan fingerprint density at radius 3 is 2.04 bits per heavy atom. The van der Waals surface area contributed by atoms with Crippen molar-refractivity contribution in [1.29, 1.82) is 0 Å². The first-order chi connectivity index (χ1) is 13.2. The number of hydrogen-bond acceptors (Lipinski definition) is 6. The van der Waals surface area contributed by atoms with Crippen molar-refractivity contribution >= 4 is 5.97 Å². The van der Waals surface area contributed by atoms with Gasteiger partial charge in [0.05, 0.1) is 6.10 Å². The van der Waals surface area contributed by atoms with E-state index in [1.165, 1.54) is 6.92 Å². The molecule has 7 heteroatoms. The summed E-state index contributed by atoms with van der Waals surface area (Å²) in [7, 11) is 0. The topological polar surface area (TPSA) is 119 Å². The Labute approximate surface area is 165 Å². The van der Waals surface area contributed by atoms with Gasteiger partial charge in [-0.05, 0) is 50.6 Å². The molecule has 2 aromatic carbocycles. The molecule has 154 valence electrons. The lowest BCUT2D eigenvalue weighted by Gasteiger charge is -2.25. The van der Waals surface area contributed by atoms with E-state index in [2.05, 4.69) is 5.32 Å². The van der Waals surface area contributed by atoms with E-state index in [4.69, 9.17) is 14.9 Å². The zero-order chi connectivity index (χ0) is 21.1. The highest BCUT2D eigenvalue weighted by atomic mass is 16.5. The third kappa shape index (κ3) is 8.85. The van der Waals surface area contributed by atoms with Gasteiger partial charge in [0.2, 0.25) is 0 Å². The maximum absolute atomic E-state index is 10.3. The zero-order valence-electron chi connectivity index (χ0n) is 16.3. The van der Waals surface area contributed by atoms with Crippen LogP contribution in [-0.4, -0.2) is 51.2 Å². The molecule has 0 amide bonds. The molecule has 2 rings (SSSR count). The monoisotopic (exact) mass is 391 g/mol. The number of carbonyl (C=O) groups is 1. The molecular formula is C21H29NO6. The molecule has 0 saturated heterocycles. The van der Waals surface area contributed by atoms with Gasteiger partial charge in [0.1, 0.15) is 24.2 Å². The molecular weight excluding hydrogens is 362 g/mol. The number of aliphatic carboxylic acids is 1. The SMILES string of the molecule is CC(COc1ccccc1)NC(C)C(O)c1ccc(O)cc1.CC(O)C(=O)O. The number of phenols is 1. The molecule has 0 radical (unpaired) electrons. The number of aliphatic hydroxyl groups is 2. The lowest BCUT2D eigenvalue weighted by Crippen LogP contribution is -2.41. The number of aliphatic hydroxyl groups excluding tert-OH is 2. The lowest BCUT2D eigenvalue weighted by molar-refractivity contribution is -0.145. The van der Waals surface area contributed by atoms with E-state index >= 15 is 0 Å². The first kappa shape index (κ1) is 23.4. The fraction of sp³-hybridized carbons (Fsp3) is 0.381. The Bertz CT molecular complexity index is 690. The van der Waals surface area contributed by atoms with E-state index in [1.807, 2.05) is 44.2 Å². The number of carboxylic acid groups (broad SMARTS) is 1. The van der Waals surface area contributed by atoms with Gasteiger partial charge < -0.3 is 30.5 Å². The number of nitrogens with one attached hydrogen (secondary N) is 1. The van der Waals surface area contributed by atoms with Crippen LogP contribution < -0.4 is 10.1 Å². The summed E-state index contributed by atoms with van der Waals surface area (Å²) < 4.78 is 5.69. The molecule has 0 heterocycles. The van der Waals surface area contributed by atoms with Crippen LogP contribution in [0, 0.1) is 0 Å². The number of rotatable bonds is 8. The molecule has 0 aliphatic heterocycles. The predicted molar refractivity (Wildman–Crippen MR) is 106 cm³/mol. The highest BCUT2D eigenvalue weighted by Crippen LogP contribution is 2.20. The van der Waals surface area contributed by atoms with Crippen molar-refractivity contribution in [2.45, 2.75) is 45.1 Å². The van der Waals surface area contributed by atoms with Crippen molar-refractivity contribution in [3.63, 3.8) is 0 Å². The minimum atomic E-state index is -1.23. The van der Waals surface area contributed by atoms with Crippen LogP contribution in [0.5, 0.6) is 11.5 Å². The molecule has 28 heavy (non-hydrogen) atoms. The summed E-state index contributed by atoms with van der Waals surface area (Å²) in [6, 6.07) is 16.2. The number of carboxylic acids is 1. The quantitative estimate of drug-likeness (QED) is 0.468. The van der Waals surface area contributed by atoms with Crippen LogP contribution in [0.4, 0.5) is 0 Å². The van der Waals surface area contributed by atoms with E-state index in [9.17, 15) is 15.0 Å². The summed E-state index contributed by atoms with van der Waals surface area (Å²) in [5.74, 6) is -0.154. The van der Waals surface area contributed by atoms with Crippen molar-refractivity contribution in [3.05, 3.63) is 60.2 Å². The average molecular weight is 391 g/mol. The van der Waals surface area contributed by atoms with Gasteiger partial charge in [-0.3, -0.25) is 0 Å². The van der Waals surface area contributed by atoms with Gasteiger partial charge in [0.15, 0.2) is 0 Å². The van der Waals surface area contributed by atoms with Gasteiger partial charge in [-0.2, -0.15) is 0 Å². The van der Waals surface area contributed by atoms with Gasteiger partial charge in [0, 0.05) is 12.1 Å². The van der Waals surface area contributed by atoms with Gasteiger partial charge in [-0.15, -0.1) is 0 Å². The van der Waals surface area contributed by atoms with Gasteiger partial charge in [-0.25, -0.2) is 4.79 Å². The Morgan fingerprint density at radius 2 is 1.54 bits per heavy atom. The fourth-order valence-electron chi connectivity index (χ4n) is 2.29. The van der Waals surface area contributed by atoms with Crippen molar-refractivity contribution in [2.75, 3.05) is 6.61 Å². The van der Waals surface area contributed by atoms with E-state index in [0.29, 0.717) is 6.61 Å². The van der Waals surface area contributed by atoms with Gasteiger partial charge >= 0.3 is 5.97 Å². The summed E-state index contributed by atoms with van der Waals surface area (Å²) in [5, 5.41) is 38.7. The van der Waals surface area contributed by atoms with Gasteiger partial charge in [0.25, 0.3) is 0 Å². The average Bonchev–Trinajstić information content (AvgIpc) is 2.67. The maximum atomic E-state index is 10.3. The van der Waals surface area contributed by atoms with Crippen LogP contribution in [0.2, 0.25) is 0 Å². The third-order valence-electron chi connectivity index (χ3n) is 3.86. The number of ether oxygens (including phenoxy) is 1. The first-order valence-electron chi connectivity index (χ1n) is 9.02. The number of benzene rings is 2. The summed E-state index contributed by atoms with van der Waals surface area (Å²) in [5.41, 5.74) is 0.772. The normalized spacial score (nSPS) is 14.8. The highest BCUT2D eigenvalue weighted by molar-refractivity contribution is 5.71. The molecule has 4 atom stereocenters. The highest BCUT2D eigenvalue weighted by Gasteiger charge is 2.18. The van der Waals surface area contributed by atoms with Crippen LogP contribution >= 0.6 is 0 Å². The molecule has 0 bridgehead atoms. The van der Waals surface area contributed by atoms with E-state index < -0.39 is 18.2 Å². The number of aromatic hydroxyl groups is 1. The predicted octanol–water partition coefficient (Wildman–Crippen LogP) is 2.32. The number of hydrogen-bond donors (Lipinski definition) is 5. The molecule has 0 fully saturated rings. The minimum absolute atomic E-state index is 0.0990. The summed E-state index contributed by atoms with van der Waals surface area (Å²) in [4.78, 5) is 9.45. The maximum Gasteiger partial charge on any atom is 0.332 e. The standard InChI is InChI=1S/C18H23NO3.C3H6O3/c1-13(12-22-17-6-4-3-5-7-17)19-14(2)18(21)15-8-10-16(20)11-9-15;1-2(4)3(5)6/h3-11,13-14,18-21H,12H2,1-2H3;2,4H,1H3,(H,5,6). The first-order valence-corrected chi connectivity index (χ1v) is 9.02. The molecule has 2 aromatic rings. The molecule has 0 aliphatic carbocycles. The van der Waals surface area contributed by atoms with E-state index in [0.717, 1.165) is 11.3 Å². The summed E-state index contributed by atoms with van der Waals surface area (Å²) in [6.07, 6.45) is -1.87. The minimum Gasteiger partial charge on any atom is -0.508 e. The number of para-hydroxylation sites is 1. The van der Waals surface area contributed by atoms with Crippen LogP contribution in [0.15, 0.2) is 54.6 Å². The Morgan fingerprint density at radius 1 is 1.00 bits per heavy atom. The van der Waals surface area contributed by atoms with Crippen LogP contribution in [-0.2, 0) is 4.79 Å². The van der Waals surface area contributed by atoms with E-state index in [-0.39, 0.29) is 17.8 Å². The Hall–Kier alpha value is -2.61. The second-order valence-electron chi connectivity index (χ2n) is 6.53. The third-order valence-corrected chi connectivity index (χ3v) is 3.86. The molecule has 0 aliphatic rings.